The Morgan fingerprint density at radius 3 is 2.39 bits per heavy atom. The smallest absolute Gasteiger partial charge is 0.130 e. The van der Waals surface area contributed by atoms with Gasteiger partial charge >= 0.3 is 0 Å². The molecule has 6 heteroatoms. The van der Waals surface area contributed by atoms with Gasteiger partial charge in [0.2, 0.25) is 0 Å². The summed E-state index contributed by atoms with van der Waals surface area (Å²) in [5.74, 6) is 0. The molecule has 0 amide bonds. The minimum Gasteiger partial charge on any atom is -0.388 e. The van der Waals surface area contributed by atoms with Crippen molar-refractivity contribution in [3.63, 3.8) is 0 Å². The summed E-state index contributed by atoms with van der Waals surface area (Å²) in [7, 11) is 3.63. The number of aryl methyl sites for hydroxylation is 4. The first-order chi connectivity index (χ1) is 8.40. The number of halogens is 1. The lowest BCUT2D eigenvalue weighted by atomic mass is 10.0. The van der Waals surface area contributed by atoms with Gasteiger partial charge in [0, 0.05) is 37.8 Å². The van der Waals surface area contributed by atoms with E-state index < -0.39 is 6.10 Å². The molecule has 0 aliphatic rings. The molecular formula is C12H17ClN4O. The molecule has 0 saturated carbocycles. The van der Waals surface area contributed by atoms with Crippen LogP contribution in [0.15, 0.2) is 6.20 Å². The normalized spacial score (nSPS) is 13.0. The van der Waals surface area contributed by atoms with Crippen LogP contribution in [0.25, 0.3) is 0 Å². The Morgan fingerprint density at radius 2 is 1.94 bits per heavy atom. The SMILES string of the molecule is Cc1nn(C)cc1C(O)Cc1c(C)nn(C)c1Cl. The van der Waals surface area contributed by atoms with E-state index in [-0.39, 0.29) is 0 Å². The maximum atomic E-state index is 10.3. The van der Waals surface area contributed by atoms with Gasteiger partial charge in [0.05, 0.1) is 17.5 Å². The highest BCUT2D eigenvalue weighted by atomic mass is 35.5. The van der Waals surface area contributed by atoms with Crippen LogP contribution in [0, 0.1) is 13.8 Å². The predicted octanol–water partition coefficient (Wildman–Crippen LogP) is 1.70. The van der Waals surface area contributed by atoms with Gasteiger partial charge in [-0.05, 0) is 13.8 Å². The van der Waals surface area contributed by atoms with Crippen LogP contribution in [0.3, 0.4) is 0 Å². The van der Waals surface area contributed by atoms with Gasteiger partial charge in [-0.3, -0.25) is 9.36 Å². The fourth-order valence-electron chi connectivity index (χ4n) is 2.15. The lowest BCUT2D eigenvalue weighted by Gasteiger charge is -2.09. The minimum atomic E-state index is -0.612. The van der Waals surface area contributed by atoms with Gasteiger partial charge in [-0.15, -0.1) is 0 Å². The third kappa shape index (κ3) is 2.28. The molecule has 18 heavy (non-hydrogen) atoms. The molecule has 0 spiro atoms. The Kier molecular flexibility index (Phi) is 3.45. The van der Waals surface area contributed by atoms with Crippen molar-refractivity contribution in [1.29, 1.82) is 0 Å². The first-order valence-corrected chi connectivity index (χ1v) is 6.14. The molecule has 0 aromatic carbocycles. The van der Waals surface area contributed by atoms with E-state index in [9.17, 15) is 5.11 Å². The second-order valence-electron chi connectivity index (χ2n) is 4.54. The average molecular weight is 269 g/mol. The van der Waals surface area contributed by atoms with Crippen molar-refractivity contribution in [3.05, 3.63) is 33.9 Å². The Balaban J connectivity index is 2.26. The molecule has 2 rings (SSSR count). The van der Waals surface area contributed by atoms with Crippen LogP contribution in [-0.2, 0) is 20.5 Å². The quantitative estimate of drug-likeness (QED) is 0.922. The summed E-state index contributed by atoms with van der Waals surface area (Å²) in [6, 6.07) is 0. The molecule has 5 nitrogen and oxygen atoms in total. The molecule has 0 fully saturated rings. The Morgan fingerprint density at radius 1 is 1.28 bits per heavy atom. The van der Waals surface area contributed by atoms with E-state index in [1.54, 1.807) is 16.4 Å². The number of rotatable bonds is 3. The van der Waals surface area contributed by atoms with Gasteiger partial charge in [0.1, 0.15) is 5.15 Å². The van der Waals surface area contributed by atoms with Crippen molar-refractivity contribution in [2.24, 2.45) is 14.1 Å². The van der Waals surface area contributed by atoms with E-state index in [1.807, 2.05) is 27.1 Å². The molecule has 0 radical (unpaired) electrons. The van der Waals surface area contributed by atoms with E-state index in [1.165, 1.54) is 0 Å². The van der Waals surface area contributed by atoms with Gasteiger partial charge in [0.15, 0.2) is 0 Å². The third-order valence-corrected chi connectivity index (χ3v) is 3.55. The summed E-state index contributed by atoms with van der Waals surface area (Å²) < 4.78 is 3.32. The first-order valence-electron chi connectivity index (χ1n) is 5.76. The van der Waals surface area contributed by atoms with E-state index in [0.29, 0.717) is 11.6 Å². The molecule has 98 valence electrons. The molecule has 1 N–H and O–H groups in total. The lowest BCUT2D eigenvalue weighted by Crippen LogP contribution is -2.03. The number of nitrogens with zero attached hydrogens (tertiary/aromatic N) is 4. The van der Waals surface area contributed by atoms with Gasteiger partial charge in [-0.2, -0.15) is 10.2 Å². The van der Waals surface area contributed by atoms with Crippen LogP contribution in [0.1, 0.15) is 28.6 Å². The number of hydrogen-bond acceptors (Lipinski definition) is 3. The molecular weight excluding hydrogens is 252 g/mol. The molecule has 2 heterocycles. The van der Waals surface area contributed by atoms with Crippen molar-refractivity contribution in [2.45, 2.75) is 26.4 Å². The molecule has 2 aromatic heterocycles. The van der Waals surface area contributed by atoms with Crippen LogP contribution in [0.4, 0.5) is 0 Å². The maximum Gasteiger partial charge on any atom is 0.130 e. The number of aliphatic hydroxyl groups is 1. The van der Waals surface area contributed by atoms with Crippen LogP contribution in [-0.4, -0.2) is 24.7 Å². The van der Waals surface area contributed by atoms with Gasteiger partial charge in [0.25, 0.3) is 0 Å². The number of aromatic nitrogens is 4. The summed E-state index contributed by atoms with van der Waals surface area (Å²) in [5.41, 5.74) is 3.40. The minimum absolute atomic E-state index is 0.449. The summed E-state index contributed by atoms with van der Waals surface area (Å²) in [4.78, 5) is 0. The molecule has 0 bridgehead atoms. The zero-order valence-electron chi connectivity index (χ0n) is 11.0. The number of hydrogen-bond donors (Lipinski definition) is 1. The molecule has 0 aliphatic carbocycles. The molecule has 1 unspecified atom stereocenters. The van der Waals surface area contributed by atoms with Crippen molar-refractivity contribution >= 4 is 11.6 Å². The van der Waals surface area contributed by atoms with Crippen LogP contribution < -0.4 is 0 Å². The second-order valence-corrected chi connectivity index (χ2v) is 4.90. The highest BCUT2D eigenvalue weighted by molar-refractivity contribution is 6.30. The van der Waals surface area contributed by atoms with Crippen LogP contribution in [0.5, 0.6) is 0 Å². The Hall–Kier alpha value is -1.33. The summed E-state index contributed by atoms with van der Waals surface area (Å²) in [6.45, 7) is 3.78. The van der Waals surface area contributed by atoms with Gasteiger partial charge < -0.3 is 5.11 Å². The fraction of sp³-hybridized carbons (Fsp3) is 0.500. The predicted molar refractivity (Wildman–Crippen MR) is 69.6 cm³/mol. The van der Waals surface area contributed by atoms with Crippen molar-refractivity contribution in [2.75, 3.05) is 0 Å². The molecule has 0 aliphatic heterocycles. The largest absolute Gasteiger partial charge is 0.388 e. The topological polar surface area (TPSA) is 55.9 Å². The lowest BCUT2D eigenvalue weighted by molar-refractivity contribution is 0.177. The highest BCUT2D eigenvalue weighted by Crippen LogP contribution is 2.26. The second kappa shape index (κ2) is 4.74. The average Bonchev–Trinajstić information content (AvgIpc) is 2.73. The highest BCUT2D eigenvalue weighted by Gasteiger charge is 2.19. The standard InChI is InChI=1S/C12H17ClN4O/c1-7-9(12(13)17(4)15-7)5-11(18)10-6-16(3)14-8(10)2/h6,11,18H,5H2,1-4H3. The third-order valence-electron chi connectivity index (χ3n) is 3.08. The molecule has 1 atom stereocenters. The van der Waals surface area contributed by atoms with Crippen molar-refractivity contribution in [3.8, 4) is 0 Å². The monoisotopic (exact) mass is 268 g/mol. The van der Waals surface area contributed by atoms with Crippen molar-refractivity contribution in [1.82, 2.24) is 19.6 Å². The van der Waals surface area contributed by atoms with E-state index in [0.717, 1.165) is 22.5 Å². The first kappa shape index (κ1) is 13.1. The summed E-state index contributed by atoms with van der Waals surface area (Å²) in [5, 5.41) is 19.3. The van der Waals surface area contributed by atoms with Gasteiger partial charge in [-0.25, -0.2) is 0 Å². The summed E-state index contributed by atoms with van der Waals surface area (Å²) in [6.07, 6.45) is 1.67. The number of aliphatic hydroxyl groups excluding tert-OH is 1. The van der Waals surface area contributed by atoms with Crippen LogP contribution in [0.2, 0.25) is 5.15 Å². The zero-order chi connectivity index (χ0) is 13.4. The Labute approximate surface area is 111 Å². The van der Waals surface area contributed by atoms with E-state index >= 15 is 0 Å². The zero-order valence-corrected chi connectivity index (χ0v) is 11.7. The van der Waals surface area contributed by atoms with Gasteiger partial charge in [-0.1, -0.05) is 11.6 Å². The van der Waals surface area contributed by atoms with Crippen molar-refractivity contribution < 1.29 is 5.11 Å². The van der Waals surface area contributed by atoms with E-state index in [4.69, 9.17) is 11.6 Å². The molecule has 0 saturated heterocycles. The Bertz CT molecular complexity index is 573. The maximum absolute atomic E-state index is 10.3. The fourth-order valence-corrected chi connectivity index (χ4v) is 2.41. The molecule has 2 aromatic rings. The summed E-state index contributed by atoms with van der Waals surface area (Å²) >= 11 is 6.16. The van der Waals surface area contributed by atoms with E-state index in [2.05, 4.69) is 10.2 Å². The van der Waals surface area contributed by atoms with Crippen LogP contribution >= 0.6 is 11.6 Å².